The fraction of sp³-hybridized carbons (Fsp3) is 0.214. The van der Waals surface area contributed by atoms with Crippen LogP contribution in [-0.2, 0) is 0 Å². The largest absolute Gasteiger partial charge is 0.446 e. The molecule has 3 nitrogen and oxygen atoms in total. The second kappa shape index (κ2) is 5.95. The number of nitrogens with zero attached hydrogens (tertiary/aromatic N) is 1. The predicted octanol–water partition coefficient (Wildman–Crippen LogP) is 3.67. The highest BCUT2D eigenvalue weighted by Crippen LogP contribution is 2.37. The van der Waals surface area contributed by atoms with Gasteiger partial charge in [-0.1, -0.05) is 12.1 Å². The summed E-state index contributed by atoms with van der Waals surface area (Å²) < 4.78 is 36.8. The molecule has 0 aliphatic rings. The molecule has 0 fully saturated rings. The highest BCUT2D eigenvalue weighted by molar-refractivity contribution is 8.00. The average molecular weight is 314 g/mol. The molecular weight excluding hydrogens is 301 g/mol. The predicted molar refractivity (Wildman–Crippen MR) is 75.8 cm³/mol. The third-order valence-electron chi connectivity index (χ3n) is 2.81. The summed E-state index contributed by atoms with van der Waals surface area (Å²) in [4.78, 5) is 4.02. The number of halogens is 3. The normalized spacial score (nSPS) is 13.2. The third-order valence-corrected chi connectivity index (χ3v) is 3.55. The van der Waals surface area contributed by atoms with Crippen molar-refractivity contribution in [2.75, 3.05) is 5.73 Å². The van der Waals surface area contributed by atoms with Gasteiger partial charge >= 0.3 is 5.51 Å². The Labute approximate surface area is 124 Å². The maximum absolute atomic E-state index is 12.3. The van der Waals surface area contributed by atoms with Crippen LogP contribution in [0.2, 0.25) is 0 Å². The minimum atomic E-state index is -4.33. The second-order valence-corrected chi connectivity index (χ2v) is 5.64. The molecule has 0 aliphatic heterocycles. The molecule has 1 aromatic carbocycles. The molecule has 0 saturated carbocycles. The molecule has 112 valence electrons. The van der Waals surface area contributed by atoms with Gasteiger partial charge < -0.3 is 10.8 Å². The SMILES string of the molecule is Cc1cnc(N)c(C(O)c2ccc(SC(F)(F)F)cc2)c1. The summed E-state index contributed by atoms with van der Waals surface area (Å²) in [6, 6.07) is 7.22. The van der Waals surface area contributed by atoms with Crippen LogP contribution in [0.4, 0.5) is 19.0 Å². The summed E-state index contributed by atoms with van der Waals surface area (Å²) in [6.07, 6.45) is 0.552. The number of aryl methyl sites for hydroxylation is 1. The van der Waals surface area contributed by atoms with Crippen LogP contribution in [0, 0.1) is 6.92 Å². The monoisotopic (exact) mass is 314 g/mol. The van der Waals surface area contributed by atoms with Crippen molar-refractivity contribution < 1.29 is 18.3 Å². The zero-order chi connectivity index (χ0) is 15.6. The van der Waals surface area contributed by atoms with E-state index in [4.69, 9.17) is 5.73 Å². The molecule has 3 N–H and O–H groups in total. The number of aromatic nitrogens is 1. The number of thioether (sulfide) groups is 1. The quantitative estimate of drug-likeness (QED) is 0.849. The smallest absolute Gasteiger partial charge is 0.384 e. The molecule has 1 unspecified atom stereocenters. The lowest BCUT2D eigenvalue weighted by atomic mass is 10.0. The van der Waals surface area contributed by atoms with Gasteiger partial charge in [0, 0.05) is 16.7 Å². The molecule has 1 aromatic heterocycles. The summed E-state index contributed by atoms with van der Waals surface area (Å²) in [6.45, 7) is 1.81. The van der Waals surface area contributed by atoms with Gasteiger partial charge in [-0.2, -0.15) is 13.2 Å². The first kappa shape index (κ1) is 15.7. The van der Waals surface area contributed by atoms with Gasteiger partial charge in [-0.05, 0) is 48.0 Å². The topological polar surface area (TPSA) is 59.1 Å². The summed E-state index contributed by atoms with van der Waals surface area (Å²) in [5.74, 6) is 0.196. The van der Waals surface area contributed by atoms with Crippen LogP contribution in [0.15, 0.2) is 41.4 Å². The molecular formula is C14H13F3N2OS. The van der Waals surface area contributed by atoms with Crippen LogP contribution in [0.1, 0.15) is 22.8 Å². The Morgan fingerprint density at radius 1 is 1.24 bits per heavy atom. The van der Waals surface area contributed by atoms with Gasteiger partial charge in [-0.3, -0.25) is 0 Å². The van der Waals surface area contributed by atoms with Crippen molar-refractivity contribution in [2.24, 2.45) is 0 Å². The molecule has 0 bridgehead atoms. The molecule has 0 saturated heterocycles. The minimum Gasteiger partial charge on any atom is -0.384 e. The van der Waals surface area contributed by atoms with E-state index in [-0.39, 0.29) is 22.5 Å². The van der Waals surface area contributed by atoms with Crippen LogP contribution in [-0.4, -0.2) is 15.6 Å². The van der Waals surface area contributed by atoms with Gasteiger partial charge in [0.15, 0.2) is 0 Å². The number of nitrogen functional groups attached to an aromatic ring is 1. The number of anilines is 1. The lowest BCUT2D eigenvalue weighted by molar-refractivity contribution is -0.0328. The van der Waals surface area contributed by atoms with Gasteiger partial charge in [0.25, 0.3) is 0 Å². The lowest BCUT2D eigenvalue weighted by Gasteiger charge is -2.14. The Hall–Kier alpha value is -1.73. The molecule has 7 heteroatoms. The molecule has 21 heavy (non-hydrogen) atoms. The van der Waals surface area contributed by atoms with Crippen molar-refractivity contribution in [3.63, 3.8) is 0 Å². The zero-order valence-corrected chi connectivity index (χ0v) is 11.9. The first-order valence-electron chi connectivity index (χ1n) is 6.02. The number of alkyl halides is 3. The molecule has 0 aliphatic carbocycles. The summed E-state index contributed by atoms with van der Waals surface area (Å²) in [5, 5.41) is 10.3. The van der Waals surface area contributed by atoms with Crippen molar-refractivity contribution in [2.45, 2.75) is 23.4 Å². The van der Waals surface area contributed by atoms with Crippen LogP contribution in [0.25, 0.3) is 0 Å². The summed E-state index contributed by atoms with van der Waals surface area (Å²) >= 11 is -0.196. The van der Waals surface area contributed by atoms with Gasteiger partial charge in [0.1, 0.15) is 11.9 Å². The number of nitrogens with two attached hydrogens (primary N) is 1. The van der Waals surface area contributed by atoms with Crippen molar-refractivity contribution in [1.82, 2.24) is 4.98 Å². The van der Waals surface area contributed by atoms with E-state index in [0.29, 0.717) is 11.1 Å². The number of hydrogen-bond acceptors (Lipinski definition) is 4. The third kappa shape index (κ3) is 4.12. The van der Waals surface area contributed by atoms with Crippen molar-refractivity contribution in [1.29, 1.82) is 0 Å². The first-order valence-corrected chi connectivity index (χ1v) is 6.84. The molecule has 0 amide bonds. The highest BCUT2D eigenvalue weighted by atomic mass is 32.2. The number of benzene rings is 1. The Morgan fingerprint density at radius 2 is 1.86 bits per heavy atom. The van der Waals surface area contributed by atoms with E-state index >= 15 is 0 Å². The molecule has 1 heterocycles. The number of aliphatic hydroxyl groups is 1. The Morgan fingerprint density at radius 3 is 2.43 bits per heavy atom. The molecule has 0 spiro atoms. The fourth-order valence-corrected chi connectivity index (χ4v) is 2.39. The summed E-state index contributed by atoms with van der Waals surface area (Å²) in [5.41, 5.74) is 3.12. The van der Waals surface area contributed by atoms with Crippen LogP contribution in [0.5, 0.6) is 0 Å². The van der Waals surface area contributed by atoms with Crippen LogP contribution in [0.3, 0.4) is 0 Å². The van der Waals surface area contributed by atoms with E-state index in [0.717, 1.165) is 5.56 Å². The lowest BCUT2D eigenvalue weighted by Crippen LogP contribution is -2.06. The Balaban J connectivity index is 2.24. The fourth-order valence-electron chi connectivity index (χ4n) is 1.85. The van der Waals surface area contributed by atoms with E-state index in [1.807, 2.05) is 6.92 Å². The number of rotatable bonds is 3. The standard InChI is InChI=1S/C14H13F3N2OS/c1-8-6-11(13(18)19-7-8)12(20)9-2-4-10(5-3-9)21-14(15,16)17/h2-7,12,20H,1H3,(H2,18,19). The molecule has 0 radical (unpaired) electrons. The zero-order valence-electron chi connectivity index (χ0n) is 11.1. The van der Waals surface area contributed by atoms with E-state index in [2.05, 4.69) is 4.98 Å². The van der Waals surface area contributed by atoms with Crippen molar-refractivity contribution in [3.8, 4) is 0 Å². The van der Waals surface area contributed by atoms with E-state index in [1.165, 1.54) is 24.3 Å². The van der Waals surface area contributed by atoms with Gasteiger partial charge in [0.2, 0.25) is 0 Å². The number of pyridine rings is 1. The highest BCUT2D eigenvalue weighted by Gasteiger charge is 2.29. The average Bonchev–Trinajstić information content (AvgIpc) is 2.40. The molecule has 2 rings (SSSR count). The maximum Gasteiger partial charge on any atom is 0.446 e. The molecule has 1 atom stereocenters. The van der Waals surface area contributed by atoms with E-state index < -0.39 is 11.6 Å². The Kier molecular flexibility index (Phi) is 4.43. The van der Waals surface area contributed by atoms with Crippen LogP contribution < -0.4 is 5.73 Å². The minimum absolute atomic E-state index is 0.0637. The van der Waals surface area contributed by atoms with Gasteiger partial charge in [-0.15, -0.1) is 0 Å². The van der Waals surface area contributed by atoms with E-state index in [9.17, 15) is 18.3 Å². The van der Waals surface area contributed by atoms with Crippen molar-refractivity contribution >= 4 is 17.6 Å². The second-order valence-electron chi connectivity index (χ2n) is 4.51. The number of aliphatic hydroxyl groups excluding tert-OH is 1. The maximum atomic E-state index is 12.3. The first-order chi connectivity index (χ1) is 9.76. The van der Waals surface area contributed by atoms with Crippen LogP contribution >= 0.6 is 11.8 Å². The number of hydrogen-bond donors (Lipinski definition) is 2. The molecule has 2 aromatic rings. The van der Waals surface area contributed by atoms with Crippen molar-refractivity contribution in [3.05, 3.63) is 53.2 Å². The summed E-state index contributed by atoms with van der Waals surface area (Å²) in [7, 11) is 0. The van der Waals surface area contributed by atoms with Gasteiger partial charge in [-0.25, -0.2) is 4.98 Å². The van der Waals surface area contributed by atoms with Gasteiger partial charge in [0.05, 0.1) is 0 Å². The Bertz CT molecular complexity index is 629. The van der Waals surface area contributed by atoms with E-state index in [1.54, 1.807) is 12.3 Å².